The van der Waals surface area contributed by atoms with Crippen LogP contribution in [0.1, 0.15) is 54.8 Å². The quantitative estimate of drug-likeness (QED) is 0.732. The number of furan rings is 1. The third-order valence-corrected chi connectivity index (χ3v) is 7.48. The van der Waals surface area contributed by atoms with Gasteiger partial charge in [-0.15, -0.1) is 0 Å². The summed E-state index contributed by atoms with van der Waals surface area (Å²) in [5.74, 6) is 1.29. The van der Waals surface area contributed by atoms with E-state index in [1.807, 2.05) is 9.80 Å². The smallest absolute Gasteiger partial charge is 0.291 e. The molecule has 1 aromatic carbocycles. The largest absolute Gasteiger partial charge is 0.459 e. The zero-order valence-electron chi connectivity index (χ0n) is 20.5. The Labute approximate surface area is 202 Å². The molecule has 34 heavy (non-hydrogen) atoms. The minimum Gasteiger partial charge on any atom is -0.459 e. The number of rotatable bonds is 5. The summed E-state index contributed by atoms with van der Waals surface area (Å²) in [4.78, 5) is 33.7. The van der Waals surface area contributed by atoms with E-state index in [0.717, 1.165) is 55.7 Å². The molecule has 2 amide bonds. The highest BCUT2D eigenvalue weighted by atomic mass is 16.3. The lowest BCUT2D eigenvalue weighted by molar-refractivity contribution is -0.138. The van der Waals surface area contributed by atoms with Gasteiger partial charge in [0.25, 0.3) is 5.91 Å². The van der Waals surface area contributed by atoms with Crippen LogP contribution in [0.5, 0.6) is 0 Å². The summed E-state index contributed by atoms with van der Waals surface area (Å²) in [6.07, 6.45) is 4.27. The molecule has 0 saturated carbocycles. The first-order valence-electron chi connectivity index (χ1n) is 12.6. The Morgan fingerprint density at radius 1 is 1.21 bits per heavy atom. The first kappa shape index (κ1) is 23.0. The van der Waals surface area contributed by atoms with Crippen molar-refractivity contribution in [2.75, 3.05) is 31.1 Å². The summed E-state index contributed by atoms with van der Waals surface area (Å²) < 4.78 is 5.50. The Morgan fingerprint density at radius 2 is 2.00 bits per heavy atom. The Bertz CT molecular complexity index is 1030. The minimum absolute atomic E-state index is 0.119. The predicted molar refractivity (Wildman–Crippen MR) is 131 cm³/mol. The summed E-state index contributed by atoms with van der Waals surface area (Å²) in [5, 5.41) is 3.42. The molecule has 0 bridgehead atoms. The first-order valence-corrected chi connectivity index (χ1v) is 12.6. The lowest BCUT2D eigenvalue weighted by Gasteiger charge is -2.54. The van der Waals surface area contributed by atoms with Crippen LogP contribution >= 0.6 is 0 Å². The first-order chi connectivity index (χ1) is 16.4. The van der Waals surface area contributed by atoms with Gasteiger partial charge in [-0.1, -0.05) is 31.5 Å². The zero-order chi connectivity index (χ0) is 23.8. The number of aryl methyl sites for hydroxylation is 1. The van der Waals surface area contributed by atoms with E-state index in [-0.39, 0.29) is 24.0 Å². The van der Waals surface area contributed by atoms with Gasteiger partial charge in [-0.2, -0.15) is 0 Å². The molecule has 2 saturated heterocycles. The fourth-order valence-corrected chi connectivity index (χ4v) is 5.82. The van der Waals surface area contributed by atoms with E-state index in [2.05, 4.69) is 49.2 Å². The summed E-state index contributed by atoms with van der Waals surface area (Å²) in [5.41, 5.74) is 3.32. The Kier molecular flexibility index (Phi) is 6.38. The van der Waals surface area contributed by atoms with Crippen LogP contribution in [-0.4, -0.2) is 60.0 Å². The van der Waals surface area contributed by atoms with Crippen molar-refractivity contribution in [3.63, 3.8) is 0 Å². The van der Waals surface area contributed by atoms with Gasteiger partial charge < -0.3 is 24.4 Å². The maximum atomic E-state index is 13.9. The van der Waals surface area contributed by atoms with Gasteiger partial charge in [0.2, 0.25) is 5.91 Å². The second-order valence-corrected chi connectivity index (χ2v) is 10.5. The molecular formula is C27H36N4O3. The summed E-state index contributed by atoms with van der Waals surface area (Å²) in [7, 11) is 0. The second-order valence-electron chi connectivity index (χ2n) is 10.5. The molecular weight excluding hydrogens is 428 g/mol. The zero-order valence-corrected chi connectivity index (χ0v) is 20.5. The normalized spacial score (nSPS) is 23.3. The molecule has 2 fully saturated rings. The number of fused-ring (bicyclic) bond motifs is 3. The molecule has 0 aliphatic carbocycles. The lowest BCUT2D eigenvalue weighted by atomic mass is 9.91. The van der Waals surface area contributed by atoms with Crippen molar-refractivity contribution in [3.8, 4) is 0 Å². The summed E-state index contributed by atoms with van der Waals surface area (Å²) in [6.45, 7) is 10.2. The van der Waals surface area contributed by atoms with Crippen LogP contribution in [0.2, 0.25) is 0 Å². The Balaban J connectivity index is 1.54. The van der Waals surface area contributed by atoms with Crippen molar-refractivity contribution < 1.29 is 14.0 Å². The molecule has 182 valence electrons. The van der Waals surface area contributed by atoms with E-state index in [9.17, 15) is 9.59 Å². The van der Waals surface area contributed by atoms with Crippen molar-refractivity contribution >= 4 is 17.5 Å². The maximum Gasteiger partial charge on any atom is 0.291 e. The van der Waals surface area contributed by atoms with Gasteiger partial charge in [0.1, 0.15) is 12.2 Å². The third kappa shape index (κ3) is 4.33. The number of piperidine rings is 1. The number of nitrogens with zero attached hydrogens (tertiary/aromatic N) is 3. The number of anilines is 1. The van der Waals surface area contributed by atoms with Gasteiger partial charge in [0.05, 0.1) is 19.4 Å². The Hall–Kier alpha value is -2.80. The number of amides is 2. The average Bonchev–Trinajstić information content (AvgIpc) is 3.36. The molecule has 0 spiro atoms. The highest BCUT2D eigenvalue weighted by molar-refractivity contribution is 5.94. The van der Waals surface area contributed by atoms with Crippen LogP contribution in [0.25, 0.3) is 0 Å². The SMILES string of the molecule is Cc1ccc2c(c1)CN(C(=O)c1ccco1)C1CN(CC3CCNCC3)C(=O)[C@H](CC(C)C)N21. The molecule has 7 heteroatoms. The number of hydrogen-bond acceptors (Lipinski definition) is 5. The number of benzene rings is 1. The van der Waals surface area contributed by atoms with E-state index in [1.165, 1.54) is 0 Å². The van der Waals surface area contributed by atoms with E-state index >= 15 is 0 Å². The van der Waals surface area contributed by atoms with Crippen molar-refractivity contribution in [3.05, 3.63) is 53.5 Å². The summed E-state index contributed by atoms with van der Waals surface area (Å²) in [6, 6.07) is 9.59. The molecule has 2 atom stereocenters. The molecule has 3 aliphatic rings. The predicted octanol–water partition coefficient (Wildman–Crippen LogP) is 3.63. The van der Waals surface area contributed by atoms with E-state index in [0.29, 0.717) is 30.7 Å². The van der Waals surface area contributed by atoms with Crippen molar-refractivity contribution in [2.45, 2.75) is 58.8 Å². The van der Waals surface area contributed by atoms with Crippen LogP contribution in [-0.2, 0) is 11.3 Å². The molecule has 0 radical (unpaired) electrons. The van der Waals surface area contributed by atoms with Gasteiger partial charge in [0.15, 0.2) is 5.76 Å². The lowest BCUT2D eigenvalue weighted by Crippen LogP contribution is -2.69. The standard InChI is InChI=1S/C27H36N4O3/c1-18(2)13-23-26(32)29(15-20-8-10-28-11-9-20)17-25-30(27(33)24-5-4-12-34-24)16-21-14-19(3)6-7-22(21)31(23)25/h4-7,12,14,18,20,23,25,28H,8-11,13,15-17H2,1-3H3/t23-,25?/m0/s1. The van der Waals surface area contributed by atoms with E-state index in [1.54, 1.807) is 18.4 Å². The third-order valence-electron chi connectivity index (χ3n) is 7.48. The number of piperazine rings is 1. The van der Waals surface area contributed by atoms with Crippen LogP contribution in [0.3, 0.4) is 0 Å². The van der Waals surface area contributed by atoms with Gasteiger partial charge in [-0.3, -0.25) is 9.59 Å². The topological polar surface area (TPSA) is 69.0 Å². The van der Waals surface area contributed by atoms with Crippen LogP contribution in [0.4, 0.5) is 5.69 Å². The molecule has 7 nitrogen and oxygen atoms in total. The second kappa shape index (κ2) is 9.45. The van der Waals surface area contributed by atoms with Gasteiger partial charge in [-0.25, -0.2) is 0 Å². The van der Waals surface area contributed by atoms with Crippen LogP contribution in [0.15, 0.2) is 41.0 Å². The van der Waals surface area contributed by atoms with E-state index in [4.69, 9.17) is 4.42 Å². The highest BCUT2D eigenvalue weighted by Crippen LogP contribution is 2.39. The van der Waals surface area contributed by atoms with Crippen LogP contribution in [0, 0.1) is 18.8 Å². The number of hydrogen-bond donors (Lipinski definition) is 1. The maximum absolute atomic E-state index is 13.9. The monoisotopic (exact) mass is 464 g/mol. The number of nitrogens with one attached hydrogen (secondary N) is 1. The van der Waals surface area contributed by atoms with Gasteiger partial charge in [0, 0.05) is 12.2 Å². The molecule has 4 heterocycles. The molecule has 1 N–H and O–H groups in total. The van der Waals surface area contributed by atoms with Gasteiger partial charge >= 0.3 is 0 Å². The van der Waals surface area contributed by atoms with Crippen molar-refractivity contribution in [1.82, 2.24) is 15.1 Å². The molecule has 3 aliphatic heterocycles. The molecule has 1 unspecified atom stereocenters. The fraction of sp³-hybridized carbons (Fsp3) is 0.556. The fourth-order valence-electron chi connectivity index (χ4n) is 5.82. The van der Waals surface area contributed by atoms with Crippen molar-refractivity contribution in [1.29, 1.82) is 0 Å². The molecule has 2 aromatic rings. The number of carbonyl (C=O) groups excluding carboxylic acids is 2. The van der Waals surface area contributed by atoms with Crippen molar-refractivity contribution in [2.24, 2.45) is 11.8 Å². The average molecular weight is 465 g/mol. The van der Waals surface area contributed by atoms with Gasteiger partial charge in [-0.05, 0) is 74.9 Å². The molecule has 1 aromatic heterocycles. The molecule has 5 rings (SSSR count). The number of carbonyl (C=O) groups is 2. The van der Waals surface area contributed by atoms with E-state index < -0.39 is 0 Å². The van der Waals surface area contributed by atoms with Crippen LogP contribution < -0.4 is 10.2 Å². The summed E-state index contributed by atoms with van der Waals surface area (Å²) >= 11 is 0. The minimum atomic E-state index is -0.283. The Morgan fingerprint density at radius 3 is 2.71 bits per heavy atom. The highest BCUT2D eigenvalue weighted by Gasteiger charge is 2.48.